The third-order valence-electron chi connectivity index (χ3n) is 2.03. The highest BCUT2D eigenvalue weighted by atomic mass is 28.3. The maximum Gasteiger partial charge on any atom is 0.0799 e. The lowest BCUT2D eigenvalue weighted by atomic mass is 10.2. The Morgan fingerprint density at radius 3 is 2.54 bits per heavy atom. The van der Waals surface area contributed by atoms with E-state index in [9.17, 15) is 0 Å². The first kappa shape index (κ1) is 10.3. The van der Waals surface area contributed by atoms with Crippen LogP contribution in [0.3, 0.4) is 0 Å². The zero-order valence-electron chi connectivity index (χ0n) is 8.67. The minimum absolute atomic E-state index is 0.323. The highest BCUT2D eigenvalue weighted by molar-refractivity contribution is 6.71. The van der Waals surface area contributed by atoms with Gasteiger partial charge in [0, 0.05) is 0 Å². The summed E-state index contributed by atoms with van der Waals surface area (Å²) in [6.07, 6.45) is 5.58. The maximum atomic E-state index is 2.34. The fourth-order valence-electron chi connectivity index (χ4n) is 1.34. The normalized spacial score (nSPS) is 11.4. The Bertz CT molecular complexity index is 287. The fraction of sp³-hybridized carbons (Fsp3) is 0.333. The monoisotopic (exact) mass is 189 g/mol. The molecule has 0 fully saturated rings. The summed E-state index contributed by atoms with van der Waals surface area (Å²) in [4.78, 5) is 0. The first-order valence-corrected chi connectivity index (χ1v) is 7.31. The molecule has 1 heteroatoms. The topological polar surface area (TPSA) is 0 Å². The van der Waals surface area contributed by atoms with Gasteiger partial charge in [-0.05, 0) is 12.0 Å². The lowest BCUT2D eigenvalue weighted by Crippen LogP contribution is -2.24. The average Bonchev–Trinajstić information content (AvgIpc) is 2.15. The largest absolute Gasteiger partial charge is 0.0842 e. The van der Waals surface area contributed by atoms with Gasteiger partial charge in [-0.1, -0.05) is 61.6 Å². The quantitative estimate of drug-likeness (QED) is 0.641. The van der Waals surface area contributed by atoms with Crippen molar-refractivity contribution < 1.29 is 0 Å². The Morgan fingerprint density at radius 2 is 1.92 bits per heavy atom. The zero-order valence-corrected chi connectivity index (χ0v) is 9.67. The predicted octanol–water partition coefficient (Wildman–Crippen LogP) is 3.07. The van der Waals surface area contributed by atoms with Crippen LogP contribution >= 0.6 is 0 Å². The molecule has 0 nitrogen and oxygen atoms in total. The summed E-state index contributed by atoms with van der Waals surface area (Å²) >= 11 is 0. The summed E-state index contributed by atoms with van der Waals surface area (Å²) in [5.41, 5.74) is 1.41. The van der Waals surface area contributed by atoms with Gasteiger partial charge in [0.2, 0.25) is 0 Å². The van der Waals surface area contributed by atoms with E-state index in [-0.39, 0.29) is 8.80 Å². The van der Waals surface area contributed by atoms with Crippen LogP contribution in [0.15, 0.2) is 30.3 Å². The van der Waals surface area contributed by atoms with E-state index in [1.165, 1.54) is 10.8 Å². The molecule has 0 amide bonds. The van der Waals surface area contributed by atoms with E-state index in [0.717, 1.165) is 6.42 Å². The smallest absolute Gasteiger partial charge is 0.0799 e. The Balaban J connectivity index is 2.97. The number of benzene rings is 1. The molecule has 0 bridgehead atoms. The van der Waals surface area contributed by atoms with Crippen LogP contribution in [0.1, 0.15) is 18.9 Å². The van der Waals surface area contributed by atoms with Gasteiger partial charge in [0.15, 0.2) is 0 Å². The average molecular weight is 189 g/mol. The third-order valence-corrected chi connectivity index (χ3v) is 3.57. The number of allylic oxidation sites excluding steroid dienone is 1. The summed E-state index contributed by atoms with van der Waals surface area (Å²) < 4.78 is 0. The Morgan fingerprint density at radius 1 is 1.23 bits per heavy atom. The second kappa shape index (κ2) is 5.03. The molecule has 0 saturated heterocycles. The van der Waals surface area contributed by atoms with Gasteiger partial charge in [0.05, 0.1) is 8.80 Å². The van der Waals surface area contributed by atoms with Gasteiger partial charge >= 0.3 is 0 Å². The molecule has 0 aliphatic carbocycles. The molecular formula is C12H17Si. The third kappa shape index (κ3) is 2.85. The highest BCUT2D eigenvalue weighted by Gasteiger charge is 2.03. The summed E-state index contributed by atoms with van der Waals surface area (Å²) in [5, 5.41) is 1.54. The van der Waals surface area contributed by atoms with E-state index >= 15 is 0 Å². The molecule has 0 aliphatic heterocycles. The van der Waals surface area contributed by atoms with E-state index in [1.807, 2.05) is 0 Å². The van der Waals surface area contributed by atoms with Crippen molar-refractivity contribution in [2.45, 2.75) is 26.4 Å². The van der Waals surface area contributed by atoms with E-state index in [4.69, 9.17) is 0 Å². The van der Waals surface area contributed by atoms with Crippen LogP contribution in [0.5, 0.6) is 0 Å². The SMILES string of the molecule is CCC=Cc1ccccc1[Si](C)C. The van der Waals surface area contributed by atoms with Crippen molar-refractivity contribution in [3.63, 3.8) is 0 Å². The molecule has 0 N–H and O–H groups in total. The maximum absolute atomic E-state index is 2.34. The molecule has 0 aromatic heterocycles. The molecule has 0 heterocycles. The first-order valence-electron chi connectivity index (χ1n) is 4.81. The van der Waals surface area contributed by atoms with Crippen molar-refractivity contribution in [2.24, 2.45) is 0 Å². The molecule has 0 aliphatic rings. The van der Waals surface area contributed by atoms with Gasteiger partial charge in [0.1, 0.15) is 0 Å². The Kier molecular flexibility index (Phi) is 3.97. The van der Waals surface area contributed by atoms with Crippen LogP contribution in [0.4, 0.5) is 0 Å². The molecular weight excluding hydrogens is 172 g/mol. The van der Waals surface area contributed by atoms with Crippen LogP contribution in [0.25, 0.3) is 6.08 Å². The van der Waals surface area contributed by atoms with Gasteiger partial charge < -0.3 is 0 Å². The van der Waals surface area contributed by atoms with Gasteiger partial charge in [-0.2, -0.15) is 0 Å². The molecule has 1 radical (unpaired) electrons. The molecule has 0 unspecified atom stereocenters. The lowest BCUT2D eigenvalue weighted by Gasteiger charge is -2.07. The summed E-state index contributed by atoms with van der Waals surface area (Å²) in [5.74, 6) is 0. The second-order valence-corrected chi connectivity index (χ2v) is 5.94. The number of hydrogen-bond acceptors (Lipinski definition) is 0. The molecule has 0 saturated carbocycles. The van der Waals surface area contributed by atoms with Crippen molar-refractivity contribution in [2.75, 3.05) is 0 Å². The Labute approximate surface area is 82.9 Å². The van der Waals surface area contributed by atoms with Crippen LogP contribution in [-0.2, 0) is 0 Å². The van der Waals surface area contributed by atoms with Crippen molar-refractivity contribution in [1.82, 2.24) is 0 Å². The molecule has 1 aromatic carbocycles. The first-order chi connectivity index (χ1) is 6.25. The lowest BCUT2D eigenvalue weighted by molar-refractivity contribution is 1.23. The van der Waals surface area contributed by atoms with E-state index in [2.05, 4.69) is 56.4 Å². The van der Waals surface area contributed by atoms with Crippen molar-refractivity contribution in [3.8, 4) is 0 Å². The minimum Gasteiger partial charge on any atom is -0.0842 e. The molecule has 1 rings (SSSR count). The highest BCUT2D eigenvalue weighted by Crippen LogP contribution is 2.02. The Hall–Kier alpha value is -0.823. The van der Waals surface area contributed by atoms with Crippen molar-refractivity contribution in [3.05, 3.63) is 35.9 Å². The van der Waals surface area contributed by atoms with Gasteiger partial charge in [-0.25, -0.2) is 0 Å². The minimum atomic E-state index is -0.323. The van der Waals surface area contributed by atoms with Crippen LogP contribution in [-0.4, -0.2) is 8.80 Å². The van der Waals surface area contributed by atoms with Gasteiger partial charge in [-0.15, -0.1) is 0 Å². The second-order valence-electron chi connectivity index (χ2n) is 3.40. The molecule has 13 heavy (non-hydrogen) atoms. The van der Waals surface area contributed by atoms with Crippen LogP contribution in [0, 0.1) is 0 Å². The van der Waals surface area contributed by atoms with Crippen molar-refractivity contribution >= 4 is 20.1 Å². The molecule has 1 aromatic rings. The van der Waals surface area contributed by atoms with E-state index < -0.39 is 0 Å². The standard InChI is InChI=1S/C12H17Si/c1-4-5-8-11-9-6-7-10-12(11)13(2)3/h5-10H,4H2,1-3H3. The molecule has 69 valence electrons. The van der Waals surface area contributed by atoms with Crippen molar-refractivity contribution in [1.29, 1.82) is 0 Å². The predicted molar refractivity (Wildman–Crippen MR) is 62.9 cm³/mol. The number of rotatable bonds is 3. The van der Waals surface area contributed by atoms with Gasteiger partial charge in [-0.3, -0.25) is 0 Å². The summed E-state index contributed by atoms with van der Waals surface area (Å²) in [7, 11) is -0.323. The van der Waals surface area contributed by atoms with E-state index in [1.54, 1.807) is 0 Å². The number of hydrogen-bond donors (Lipinski definition) is 0. The molecule has 0 atom stereocenters. The van der Waals surface area contributed by atoms with Gasteiger partial charge in [0.25, 0.3) is 0 Å². The fourth-order valence-corrected chi connectivity index (χ4v) is 2.52. The summed E-state index contributed by atoms with van der Waals surface area (Å²) in [6, 6.07) is 8.71. The van der Waals surface area contributed by atoms with Crippen LogP contribution in [0.2, 0.25) is 13.1 Å². The zero-order chi connectivity index (χ0) is 9.68. The van der Waals surface area contributed by atoms with Crippen LogP contribution < -0.4 is 5.19 Å². The summed E-state index contributed by atoms with van der Waals surface area (Å²) in [6.45, 7) is 6.84. The molecule has 0 spiro atoms. The van der Waals surface area contributed by atoms with E-state index in [0.29, 0.717) is 0 Å².